The van der Waals surface area contributed by atoms with E-state index in [2.05, 4.69) is 0 Å². The van der Waals surface area contributed by atoms with Crippen LogP contribution in [0.1, 0.15) is 56.4 Å². The lowest BCUT2D eigenvalue weighted by Crippen LogP contribution is -1.95. The molecule has 2 aromatic carbocycles. The molecule has 0 spiro atoms. The van der Waals surface area contributed by atoms with Crippen molar-refractivity contribution in [3.05, 3.63) is 59.7 Å². The van der Waals surface area contributed by atoms with E-state index in [1.807, 2.05) is 19.9 Å². The van der Waals surface area contributed by atoms with Gasteiger partial charge in [-0.15, -0.1) is 0 Å². The molecule has 126 valence electrons. The van der Waals surface area contributed by atoms with Gasteiger partial charge in [0.05, 0.1) is 12.2 Å². The average Bonchev–Trinajstić information content (AvgIpc) is 2.55. The summed E-state index contributed by atoms with van der Waals surface area (Å²) in [5, 5.41) is 37.0. The molecule has 4 heteroatoms. The van der Waals surface area contributed by atoms with Gasteiger partial charge in [0.25, 0.3) is 0 Å². The highest BCUT2D eigenvalue weighted by Gasteiger charge is 2.05. The Labute approximate surface area is 137 Å². The molecule has 0 radical (unpaired) electrons. The van der Waals surface area contributed by atoms with Gasteiger partial charge in [-0.3, -0.25) is 0 Å². The maximum absolute atomic E-state index is 9.53. The zero-order valence-corrected chi connectivity index (χ0v) is 13.7. The molecular formula is C19H26O4. The SMILES string of the molecule is CCC(O)c1cccc(O)c1.CCCC(O)c1cccc(O)c1. The molecule has 4 N–H and O–H groups in total. The molecule has 4 nitrogen and oxygen atoms in total. The first-order chi connectivity index (χ1) is 11.0. The molecule has 0 saturated carbocycles. The molecule has 0 amide bonds. The van der Waals surface area contributed by atoms with Crippen LogP contribution in [0.4, 0.5) is 0 Å². The Balaban J connectivity index is 0.000000231. The largest absolute Gasteiger partial charge is 0.508 e. The third-order valence-corrected chi connectivity index (χ3v) is 3.46. The summed E-state index contributed by atoms with van der Waals surface area (Å²) in [6.07, 6.45) is 1.45. The Morgan fingerprint density at radius 2 is 1.26 bits per heavy atom. The van der Waals surface area contributed by atoms with Crippen molar-refractivity contribution in [1.29, 1.82) is 0 Å². The van der Waals surface area contributed by atoms with Crippen LogP contribution in [-0.4, -0.2) is 20.4 Å². The van der Waals surface area contributed by atoms with E-state index in [-0.39, 0.29) is 11.5 Å². The fourth-order valence-corrected chi connectivity index (χ4v) is 2.14. The maximum atomic E-state index is 9.53. The van der Waals surface area contributed by atoms with E-state index in [1.165, 1.54) is 0 Å². The zero-order valence-electron chi connectivity index (χ0n) is 13.7. The number of aliphatic hydroxyl groups is 2. The third kappa shape index (κ3) is 6.72. The number of hydrogen-bond donors (Lipinski definition) is 4. The lowest BCUT2D eigenvalue weighted by molar-refractivity contribution is 0.166. The van der Waals surface area contributed by atoms with E-state index in [4.69, 9.17) is 10.2 Å². The van der Waals surface area contributed by atoms with E-state index in [0.717, 1.165) is 24.0 Å². The predicted molar refractivity (Wildman–Crippen MR) is 91.3 cm³/mol. The number of aliphatic hydroxyl groups excluding tert-OH is 2. The highest BCUT2D eigenvalue weighted by molar-refractivity contribution is 5.29. The average molecular weight is 318 g/mol. The number of aromatic hydroxyl groups is 2. The Bertz CT molecular complexity index is 583. The van der Waals surface area contributed by atoms with Gasteiger partial charge in [0.2, 0.25) is 0 Å². The van der Waals surface area contributed by atoms with Gasteiger partial charge in [-0.1, -0.05) is 44.5 Å². The number of benzene rings is 2. The van der Waals surface area contributed by atoms with Crippen LogP contribution in [0, 0.1) is 0 Å². The fraction of sp³-hybridized carbons (Fsp3) is 0.368. The molecule has 0 heterocycles. The second kappa shape index (κ2) is 9.87. The molecule has 0 aliphatic heterocycles. The first-order valence-corrected chi connectivity index (χ1v) is 7.91. The highest BCUT2D eigenvalue weighted by atomic mass is 16.3. The normalized spacial score (nSPS) is 12.9. The van der Waals surface area contributed by atoms with Crippen LogP contribution < -0.4 is 0 Å². The summed E-state index contributed by atoms with van der Waals surface area (Å²) >= 11 is 0. The summed E-state index contributed by atoms with van der Waals surface area (Å²) < 4.78 is 0. The number of phenols is 2. The molecule has 2 rings (SSSR count). The minimum absolute atomic E-state index is 0.204. The zero-order chi connectivity index (χ0) is 17.2. The highest BCUT2D eigenvalue weighted by Crippen LogP contribution is 2.21. The van der Waals surface area contributed by atoms with E-state index < -0.39 is 12.2 Å². The Hall–Kier alpha value is -2.04. The van der Waals surface area contributed by atoms with Crippen LogP contribution >= 0.6 is 0 Å². The van der Waals surface area contributed by atoms with E-state index in [9.17, 15) is 10.2 Å². The van der Waals surface area contributed by atoms with Gasteiger partial charge in [0, 0.05) is 0 Å². The van der Waals surface area contributed by atoms with Crippen molar-refractivity contribution < 1.29 is 20.4 Å². The molecule has 0 aliphatic rings. The summed E-state index contributed by atoms with van der Waals surface area (Å²) in [5.74, 6) is 0.414. The third-order valence-electron chi connectivity index (χ3n) is 3.46. The molecule has 2 aromatic rings. The van der Waals surface area contributed by atoms with Crippen molar-refractivity contribution in [2.75, 3.05) is 0 Å². The van der Waals surface area contributed by atoms with Crippen molar-refractivity contribution in [2.24, 2.45) is 0 Å². The Morgan fingerprint density at radius 1 is 0.783 bits per heavy atom. The lowest BCUT2D eigenvalue weighted by Gasteiger charge is -2.08. The molecule has 0 aliphatic carbocycles. The van der Waals surface area contributed by atoms with Crippen LogP contribution in [0.3, 0.4) is 0 Å². The molecule has 0 aromatic heterocycles. The van der Waals surface area contributed by atoms with Crippen molar-refractivity contribution in [3.63, 3.8) is 0 Å². The van der Waals surface area contributed by atoms with E-state index >= 15 is 0 Å². The molecular weight excluding hydrogens is 292 g/mol. The first-order valence-electron chi connectivity index (χ1n) is 7.91. The molecule has 0 bridgehead atoms. The van der Waals surface area contributed by atoms with Gasteiger partial charge in [0.1, 0.15) is 11.5 Å². The summed E-state index contributed by atoms with van der Waals surface area (Å²) in [7, 11) is 0. The van der Waals surface area contributed by atoms with Gasteiger partial charge in [-0.2, -0.15) is 0 Å². The molecule has 2 atom stereocenters. The predicted octanol–water partition coefficient (Wildman–Crippen LogP) is 4.06. The second-order valence-electron chi connectivity index (χ2n) is 5.42. The van der Waals surface area contributed by atoms with Gasteiger partial charge in [0.15, 0.2) is 0 Å². The number of hydrogen-bond acceptors (Lipinski definition) is 4. The quantitative estimate of drug-likeness (QED) is 0.670. The topological polar surface area (TPSA) is 80.9 Å². The van der Waals surface area contributed by atoms with Crippen LogP contribution in [-0.2, 0) is 0 Å². The van der Waals surface area contributed by atoms with E-state index in [0.29, 0.717) is 6.42 Å². The van der Waals surface area contributed by atoms with Gasteiger partial charge < -0.3 is 20.4 Å². The van der Waals surface area contributed by atoms with Crippen molar-refractivity contribution >= 4 is 0 Å². The van der Waals surface area contributed by atoms with E-state index in [1.54, 1.807) is 42.5 Å². The fourth-order valence-electron chi connectivity index (χ4n) is 2.14. The van der Waals surface area contributed by atoms with Gasteiger partial charge in [-0.05, 0) is 48.2 Å². The van der Waals surface area contributed by atoms with Crippen LogP contribution in [0.15, 0.2) is 48.5 Å². The number of phenolic OH excluding ortho intramolecular Hbond substituents is 2. The monoisotopic (exact) mass is 318 g/mol. The van der Waals surface area contributed by atoms with Crippen molar-refractivity contribution in [1.82, 2.24) is 0 Å². The minimum Gasteiger partial charge on any atom is -0.508 e. The minimum atomic E-state index is -0.456. The summed E-state index contributed by atoms with van der Waals surface area (Å²) in [6, 6.07) is 13.4. The molecule has 0 fully saturated rings. The Morgan fingerprint density at radius 3 is 1.65 bits per heavy atom. The smallest absolute Gasteiger partial charge is 0.115 e. The molecule has 2 unspecified atom stereocenters. The van der Waals surface area contributed by atoms with Crippen molar-refractivity contribution in [2.45, 2.75) is 45.3 Å². The Kier molecular flexibility index (Phi) is 8.16. The standard InChI is InChI=1S/C10H14O2.C9H12O2/c1-2-4-10(12)8-5-3-6-9(11)7-8;1-2-9(11)7-4-3-5-8(10)6-7/h3,5-7,10-12H,2,4H2,1H3;3-6,9-11H,2H2,1H3. The first kappa shape index (κ1) is 19.0. The van der Waals surface area contributed by atoms with Gasteiger partial charge >= 0.3 is 0 Å². The van der Waals surface area contributed by atoms with Crippen LogP contribution in [0.25, 0.3) is 0 Å². The van der Waals surface area contributed by atoms with Crippen molar-refractivity contribution in [3.8, 4) is 11.5 Å². The summed E-state index contributed by atoms with van der Waals surface area (Å²) in [5.41, 5.74) is 1.56. The molecule has 0 saturated heterocycles. The second-order valence-corrected chi connectivity index (χ2v) is 5.42. The summed E-state index contributed by atoms with van der Waals surface area (Å²) in [4.78, 5) is 0. The maximum Gasteiger partial charge on any atom is 0.115 e. The lowest BCUT2D eigenvalue weighted by atomic mass is 10.1. The van der Waals surface area contributed by atoms with Crippen LogP contribution in [0.5, 0.6) is 11.5 Å². The van der Waals surface area contributed by atoms with Crippen LogP contribution in [0.2, 0.25) is 0 Å². The summed E-state index contributed by atoms with van der Waals surface area (Å²) in [6.45, 7) is 3.92. The number of rotatable bonds is 5. The van der Waals surface area contributed by atoms with Gasteiger partial charge in [-0.25, -0.2) is 0 Å². The molecule has 23 heavy (non-hydrogen) atoms.